The Morgan fingerprint density at radius 1 is 1.32 bits per heavy atom. The SMILES string of the molecule is CN=C(NCCCOC)NCc1ccccc1-n1ccnc1. The molecule has 0 unspecified atom stereocenters. The van der Waals surface area contributed by atoms with Gasteiger partial charge in [-0.15, -0.1) is 0 Å². The number of para-hydroxylation sites is 1. The Balaban J connectivity index is 1.93. The first-order valence-electron chi connectivity index (χ1n) is 7.35. The fourth-order valence-corrected chi connectivity index (χ4v) is 2.14. The first kappa shape index (κ1) is 16.0. The third-order valence-electron chi connectivity index (χ3n) is 3.26. The smallest absolute Gasteiger partial charge is 0.191 e. The van der Waals surface area contributed by atoms with Crippen molar-refractivity contribution in [3.8, 4) is 5.69 Å². The summed E-state index contributed by atoms with van der Waals surface area (Å²) in [4.78, 5) is 8.33. The molecule has 22 heavy (non-hydrogen) atoms. The second kappa shape index (κ2) is 8.84. The van der Waals surface area contributed by atoms with Gasteiger partial charge in [0.15, 0.2) is 5.96 Å². The van der Waals surface area contributed by atoms with Gasteiger partial charge >= 0.3 is 0 Å². The molecule has 2 N–H and O–H groups in total. The molecule has 0 fully saturated rings. The molecule has 0 aliphatic rings. The van der Waals surface area contributed by atoms with Crippen LogP contribution in [0.3, 0.4) is 0 Å². The van der Waals surface area contributed by atoms with E-state index in [2.05, 4.69) is 32.7 Å². The van der Waals surface area contributed by atoms with E-state index in [1.165, 1.54) is 5.56 Å². The van der Waals surface area contributed by atoms with Crippen LogP contribution in [0.4, 0.5) is 0 Å². The van der Waals surface area contributed by atoms with Crippen molar-refractivity contribution in [1.82, 2.24) is 20.2 Å². The van der Waals surface area contributed by atoms with E-state index < -0.39 is 0 Å². The topological polar surface area (TPSA) is 63.5 Å². The van der Waals surface area contributed by atoms with Crippen molar-refractivity contribution in [2.45, 2.75) is 13.0 Å². The van der Waals surface area contributed by atoms with Gasteiger partial charge in [-0.2, -0.15) is 0 Å². The number of aromatic nitrogens is 2. The fraction of sp³-hybridized carbons (Fsp3) is 0.375. The Hall–Kier alpha value is -2.34. The predicted molar refractivity (Wildman–Crippen MR) is 88.3 cm³/mol. The van der Waals surface area contributed by atoms with Crippen molar-refractivity contribution < 1.29 is 4.74 Å². The standard InChI is InChI=1S/C16H23N5O/c1-17-16(19-8-5-11-22-2)20-12-14-6-3-4-7-15(14)21-10-9-18-13-21/h3-4,6-7,9-10,13H,5,8,11-12H2,1-2H3,(H2,17,19,20). The molecule has 0 bridgehead atoms. The Morgan fingerprint density at radius 2 is 2.18 bits per heavy atom. The molecule has 0 saturated carbocycles. The molecule has 6 nitrogen and oxygen atoms in total. The zero-order chi connectivity index (χ0) is 15.6. The number of rotatable bonds is 7. The van der Waals surface area contributed by atoms with E-state index in [0.29, 0.717) is 6.54 Å². The van der Waals surface area contributed by atoms with Crippen LogP contribution in [0.15, 0.2) is 48.0 Å². The normalized spacial score (nSPS) is 11.5. The minimum atomic E-state index is 0.693. The molecule has 0 atom stereocenters. The van der Waals surface area contributed by atoms with Gasteiger partial charge in [-0.25, -0.2) is 4.98 Å². The number of nitrogens with zero attached hydrogens (tertiary/aromatic N) is 3. The summed E-state index contributed by atoms with van der Waals surface area (Å²) >= 11 is 0. The summed E-state index contributed by atoms with van der Waals surface area (Å²) < 4.78 is 7.04. The third kappa shape index (κ3) is 4.60. The van der Waals surface area contributed by atoms with Gasteiger partial charge in [0, 0.05) is 46.2 Å². The Labute approximate surface area is 131 Å². The van der Waals surface area contributed by atoms with Gasteiger partial charge in [0.2, 0.25) is 0 Å². The zero-order valence-electron chi connectivity index (χ0n) is 13.1. The molecule has 6 heteroatoms. The van der Waals surface area contributed by atoms with Crippen molar-refractivity contribution in [2.75, 3.05) is 27.3 Å². The summed E-state index contributed by atoms with van der Waals surface area (Å²) in [5.74, 6) is 0.788. The third-order valence-corrected chi connectivity index (χ3v) is 3.26. The number of methoxy groups -OCH3 is 1. The molecule has 118 valence electrons. The van der Waals surface area contributed by atoms with Crippen LogP contribution < -0.4 is 10.6 Å². The quantitative estimate of drug-likeness (QED) is 0.463. The molecule has 2 aromatic rings. The van der Waals surface area contributed by atoms with Gasteiger partial charge in [0.25, 0.3) is 0 Å². The molecule has 0 saturated heterocycles. The maximum Gasteiger partial charge on any atom is 0.191 e. The lowest BCUT2D eigenvalue weighted by Crippen LogP contribution is -2.37. The molecule has 0 aliphatic carbocycles. The highest BCUT2D eigenvalue weighted by molar-refractivity contribution is 5.79. The molecule has 0 amide bonds. The number of benzene rings is 1. The van der Waals surface area contributed by atoms with Gasteiger partial charge in [-0.05, 0) is 18.1 Å². The highest BCUT2D eigenvalue weighted by Gasteiger charge is 2.04. The van der Waals surface area contributed by atoms with E-state index in [-0.39, 0.29) is 0 Å². The van der Waals surface area contributed by atoms with Gasteiger partial charge < -0.3 is 19.9 Å². The van der Waals surface area contributed by atoms with Crippen LogP contribution in [-0.2, 0) is 11.3 Å². The minimum absolute atomic E-state index is 0.693. The molecule has 1 aromatic heterocycles. The monoisotopic (exact) mass is 301 g/mol. The maximum absolute atomic E-state index is 5.03. The molecule has 1 aromatic carbocycles. The van der Waals surface area contributed by atoms with Crippen LogP contribution in [0.2, 0.25) is 0 Å². The zero-order valence-corrected chi connectivity index (χ0v) is 13.1. The Morgan fingerprint density at radius 3 is 2.91 bits per heavy atom. The number of hydrogen-bond acceptors (Lipinski definition) is 3. The van der Waals surface area contributed by atoms with Crippen LogP contribution in [0.1, 0.15) is 12.0 Å². The van der Waals surface area contributed by atoms with E-state index in [0.717, 1.165) is 31.2 Å². The van der Waals surface area contributed by atoms with Gasteiger partial charge in [0.1, 0.15) is 0 Å². The van der Waals surface area contributed by atoms with E-state index in [9.17, 15) is 0 Å². The Kier molecular flexibility index (Phi) is 6.44. The molecule has 1 heterocycles. The second-order valence-corrected chi connectivity index (χ2v) is 4.80. The molecule has 0 spiro atoms. The number of imidazole rings is 1. The summed E-state index contributed by atoms with van der Waals surface area (Å²) in [5.41, 5.74) is 2.29. The summed E-state index contributed by atoms with van der Waals surface area (Å²) in [6.07, 6.45) is 6.47. The molecular weight excluding hydrogens is 278 g/mol. The van der Waals surface area contributed by atoms with Gasteiger partial charge in [-0.3, -0.25) is 4.99 Å². The molecule has 0 radical (unpaired) electrons. The van der Waals surface area contributed by atoms with E-state index in [1.807, 2.05) is 22.9 Å². The van der Waals surface area contributed by atoms with Gasteiger partial charge in [-0.1, -0.05) is 18.2 Å². The first-order valence-corrected chi connectivity index (χ1v) is 7.35. The molecular formula is C16H23N5O. The summed E-state index contributed by atoms with van der Waals surface area (Å²) in [6.45, 7) is 2.27. The number of guanidine groups is 1. The van der Waals surface area contributed by atoms with Crippen LogP contribution in [-0.4, -0.2) is 42.8 Å². The van der Waals surface area contributed by atoms with Crippen LogP contribution >= 0.6 is 0 Å². The van der Waals surface area contributed by atoms with Crippen molar-refractivity contribution in [3.05, 3.63) is 48.5 Å². The number of ether oxygens (including phenoxy) is 1. The maximum atomic E-state index is 5.03. The highest BCUT2D eigenvalue weighted by atomic mass is 16.5. The second-order valence-electron chi connectivity index (χ2n) is 4.80. The van der Waals surface area contributed by atoms with E-state index in [1.54, 1.807) is 26.7 Å². The van der Waals surface area contributed by atoms with Crippen molar-refractivity contribution in [2.24, 2.45) is 4.99 Å². The summed E-state index contributed by atoms with van der Waals surface area (Å²) in [6, 6.07) is 8.23. The van der Waals surface area contributed by atoms with Crippen LogP contribution in [0.25, 0.3) is 5.69 Å². The van der Waals surface area contributed by atoms with Crippen molar-refractivity contribution in [3.63, 3.8) is 0 Å². The van der Waals surface area contributed by atoms with Crippen LogP contribution in [0, 0.1) is 0 Å². The van der Waals surface area contributed by atoms with Crippen molar-refractivity contribution >= 4 is 5.96 Å². The molecule has 0 aliphatic heterocycles. The number of nitrogens with one attached hydrogen (secondary N) is 2. The molecule has 2 rings (SSSR count). The predicted octanol–water partition coefficient (Wildman–Crippen LogP) is 1.57. The van der Waals surface area contributed by atoms with Crippen molar-refractivity contribution in [1.29, 1.82) is 0 Å². The average molecular weight is 301 g/mol. The van der Waals surface area contributed by atoms with E-state index in [4.69, 9.17) is 4.74 Å². The largest absolute Gasteiger partial charge is 0.385 e. The highest BCUT2D eigenvalue weighted by Crippen LogP contribution is 2.13. The summed E-state index contributed by atoms with van der Waals surface area (Å²) in [7, 11) is 3.48. The van der Waals surface area contributed by atoms with Crippen LogP contribution in [0.5, 0.6) is 0 Å². The lowest BCUT2D eigenvalue weighted by atomic mass is 10.1. The lowest BCUT2D eigenvalue weighted by Gasteiger charge is -2.14. The Bertz CT molecular complexity index is 580. The summed E-state index contributed by atoms with van der Waals surface area (Å²) in [5, 5.41) is 6.60. The lowest BCUT2D eigenvalue weighted by molar-refractivity contribution is 0.195. The number of aliphatic imine (C=N–C) groups is 1. The first-order chi connectivity index (χ1) is 10.8. The number of hydrogen-bond donors (Lipinski definition) is 2. The van der Waals surface area contributed by atoms with Gasteiger partial charge in [0.05, 0.1) is 12.0 Å². The van der Waals surface area contributed by atoms with E-state index >= 15 is 0 Å². The minimum Gasteiger partial charge on any atom is -0.385 e. The fourth-order valence-electron chi connectivity index (χ4n) is 2.14. The average Bonchev–Trinajstić information content (AvgIpc) is 3.09.